The SMILES string of the molecule is COC(=O)[C@@H](Cc1ccc(F)cc1)NC(=O)Cc1ccc(F)c(F)c1. The topological polar surface area (TPSA) is 55.4 Å². The Morgan fingerprint density at radius 3 is 2.24 bits per heavy atom. The van der Waals surface area contributed by atoms with E-state index in [-0.39, 0.29) is 18.4 Å². The smallest absolute Gasteiger partial charge is 0.328 e. The van der Waals surface area contributed by atoms with Crippen molar-refractivity contribution in [1.82, 2.24) is 5.32 Å². The molecule has 2 aromatic rings. The zero-order valence-electron chi connectivity index (χ0n) is 13.4. The molecule has 0 fully saturated rings. The standard InChI is InChI=1S/C18H16F3NO3/c1-25-18(24)16(9-11-2-5-13(19)6-3-11)22-17(23)10-12-4-7-14(20)15(21)8-12/h2-8,16H,9-10H2,1H3,(H,22,23)/t16-/m1/s1. The van der Waals surface area contributed by atoms with Crippen LogP contribution < -0.4 is 5.32 Å². The Hall–Kier alpha value is -2.83. The number of nitrogens with one attached hydrogen (secondary N) is 1. The normalized spacial score (nSPS) is 11.7. The van der Waals surface area contributed by atoms with Gasteiger partial charge in [-0.2, -0.15) is 0 Å². The molecule has 1 atom stereocenters. The summed E-state index contributed by atoms with van der Waals surface area (Å²) in [6.07, 6.45) is -0.120. The molecule has 7 heteroatoms. The molecule has 4 nitrogen and oxygen atoms in total. The van der Waals surface area contributed by atoms with E-state index in [0.29, 0.717) is 5.56 Å². The molecular formula is C18H16F3NO3. The van der Waals surface area contributed by atoms with Crippen molar-refractivity contribution < 1.29 is 27.5 Å². The third-order valence-electron chi connectivity index (χ3n) is 3.52. The lowest BCUT2D eigenvalue weighted by atomic mass is 10.1. The van der Waals surface area contributed by atoms with E-state index in [1.165, 1.54) is 37.4 Å². The van der Waals surface area contributed by atoms with E-state index < -0.39 is 35.4 Å². The fraction of sp³-hybridized carbons (Fsp3) is 0.222. The number of benzene rings is 2. The maximum atomic E-state index is 13.2. The van der Waals surface area contributed by atoms with Gasteiger partial charge in [-0.15, -0.1) is 0 Å². The molecule has 1 N–H and O–H groups in total. The molecule has 25 heavy (non-hydrogen) atoms. The minimum atomic E-state index is -1.05. The monoisotopic (exact) mass is 351 g/mol. The minimum absolute atomic E-state index is 0.108. The van der Waals surface area contributed by atoms with Crippen molar-refractivity contribution in [2.24, 2.45) is 0 Å². The van der Waals surface area contributed by atoms with Crippen molar-refractivity contribution in [2.45, 2.75) is 18.9 Å². The third kappa shape index (κ3) is 5.34. The molecule has 2 rings (SSSR count). The van der Waals surface area contributed by atoms with E-state index in [0.717, 1.165) is 12.1 Å². The summed E-state index contributed by atoms with van der Waals surface area (Å²) in [5.74, 6) is -3.69. The average Bonchev–Trinajstić information content (AvgIpc) is 2.58. The predicted octanol–water partition coefficient (Wildman–Crippen LogP) is 2.55. The van der Waals surface area contributed by atoms with Crippen LogP contribution in [-0.2, 0) is 27.2 Å². The van der Waals surface area contributed by atoms with Gasteiger partial charge < -0.3 is 10.1 Å². The fourth-order valence-corrected chi connectivity index (χ4v) is 2.27. The van der Waals surface area contributed by atoms with E-state index in [1.54, 1.807) is 0 Å². The molecule has 0 radical (unpaired) electrons. The van der Waals surface area contributed by atoms with Crippen LogP contribution in [0.5, 0.6) is 0 Å². The number of rotatable bonds is 6. The largest absolute Gasteiger partial charge is 0.467 e. The Balaban J connectivity index is 2.05. The first-order valence-corrected chi connectivity index (χ1v) is 7.44. The first-order valence-electron chi connectivity index (χ1n) is 7.44. The molecule has 132 valence electrons. The zero-order chi connectivity index (χ0) is 18.4. The van der Waals surface area contributed by atoms with E-state index in [9.17, 15) is 22.8 Å². The van der Waals surface area contributed by atoms with Crippen LogP contribution in [0.2, 0.25) is 0 Å². The summed E-state index contributed by atoms with van der Waals surface area (Å²) in [6.45, 7) is 0. The molecule has 0 saturated carbocycles. The lowest BCUT2D eigenvalue weighted by Gasteiger charge is -2.16. The molecule has 2 aromatic carbocycles. The maximum absolute atomic E-state index is 13.2. The Labute approximate surface area is 142 Å². The number of carbonyl (C=O) groups is 2. The summed E-state index contributed by atoms with van der Waals surface area (Å²) in [4.78, 5) is 23.9. The lowest BCUT2D eigenvalue weighted by molar-refractivity contribution is -0.145. The van der Waals surface area contributed by atoms with E-state index in [1.807, 2.05) is 0 Å². The predicted molar refractivity (Wildman–Crippen MR) is 84.1 cm³/mol. The van der Waals surface area contributed by atoms with Crippen molar-refractivity contribution in [1.29, 1.82) is 0 Å². The molecule has 0 saturated heterocycles. The van der Waals surface area contributed by atoms with Crippen molar-refractivity contribution in [2.75, 3.05) is 7.11 Å². The average molecular weight is 351 g/mol. The van der Waals surface area contributed by atoms with Crippen LogP contribution in [0.4, 0.5) is 13.2 Å². The third-order valence-corrected chi connectivity index (χ3v) is 3.52. The molecule has 0 unspecified atom stereocenters. The Kier molecular flexibility index (Phi) is 6.16. The van der Waals surface area contributed by atoms with Crippen molar-refractivity contribution in [3.05, 3.63) is 71.0 Å². The molecule has 0 heterocycles. The van der Waals surface area contributed by atoms with Gasteiger partial charge in [-0.1, -0.05) is 18.2 Å². The van der Waals surface area contributed by atoms with Gasteiger partial charge in [0.15, 0.2) is 11.6 Å². The first-order chi connectivity index (χ1) is 11.9. The van der Waals surface area contributed by atoms with Gasteiger partial charge in [-0.25, -0.2) is 18.0 Å². The summed E-state index contributed by atoms with van der Waals surface area (Å²) in [5, 5.41) is 2.49. The van der Waals surface area contributed by atoms with Crippen LogP contribution in [0.25, 0.3) is 0 Å². The number of esters is 1. The fourth-order valence-electron chi connectivity index (χ4n) is 2.27. The van der Waals surface area contributed by atoms with Crippen LogP contribution in [0.1, 0.15) is 11.1 Å². The van der Waals surface area contributed by atoms with Gasteiger partial charge in [0, 0.05) is 6.42 Å². The number of amides is 1. The van der Waals surface area contributed by atoms with Crippen LogP contribution in [0.15, 0.2) is 42.5 Å². The number of carbonyl (C=O) groups excluding carboxylic acids is 2. The van der Waals surface area contributed by atoms with Gasteiger partial charge in [0.1, 0.15) is 11.9 Å². The van der Waals surface area contributed by atoms with Crippen molar-refractivity contribution >= 4 is 11.9 Å². The van der Waals surface area contributed by atoms with Gasteiger partial charge in [0.2, 0.25) is 5.91 Å². The van der Waals surface area contributed by atoms with E-state index in [2.05, 4.69) is 10.1 Å². The van der Waals surface area contributed by atoms with Crippen molar-refractivity contribution in [3.63, 3.8) is 0 Å². The number of hydrogen-bond donors (Lipinski definition) is 1. The van der Waals surface area contributed by atoms with E-state index in [4.69, 9.17) is 0 Å². The molecule has 0 aromatic heterocycles. The Morgan fingerprint density at radius 1 is 1.00 bits per heavy atom. The number of methoxy groups -OCH3 is 1. The number of ether oxygens (including phenoxy) is 1. The molecule has 0 aliphatic rings. The highest BCUT2D eigenvalue weighted by Crippen LogP contribution is 2.10. The lowest BCUT2D eigenvalue weighted by Crippen LogP contribution is -2.43. The number of hydrogen-bond acceptors (Lipinski definition) is 3. The van der Waals surface area contributed by atoms with Gasteiger partial charge in [0.25, 0.3) is 0 Å². The Morgan fingerprint density at radius 2 is 1.64 bits per heavy atom. The number of halogens is 3. The first kappa shape index (κ1) is 18.5. The summed E-state index contributed by atoms with van der Waals surface area (Å²) in [5.41, 5.74) is 0.895. The highest BCUT2D eigenvalue weighted by Gasteiger charge is 2.22. The molecule has 1 amide bonds. The minimum Gasteiger partial charge on any atom is -0.467 e. The molecule has 0 aliphatic carbocycles. The highest BCUT2D eigenvalue weighted by molar-refractivity contribution is 5.85. The highest BCUT2D eigenvalue weighted by atomic mass is 19.2. The maximum Gasteiger partial charge on any atom is 0.328 e. The van der Waals surface area contributed by atoms with Crippen LogP contribution >= 0.6 is 0 Å². The van der Waals surface area contributed by atoms with Crippen LogP contribution in [-0.4, -0.2) is 25.0 Å². The van der Waals surface area contributed by atoms with E-state index >= 15 is 0 Å². The second kappa shape index (κ2) is 8.32. The molecule has 0 spiro atoms. The van der Waals surface area contributed by atoms with Gasteiger partial charge in [0.05, 0.1) is 13.5 Å². The second-order valence-corrected chi connectivity index (χ2v) is 5.40. The van der Waals surface area contributed by atoms with Gasteiger partial charge in [-0.05, 0) is 35.4 Å². The van der Waals surface area contributed by atoms with Crippen LogP contribution in [0, 0.1) is 17.5 Å². The van der Waals surface area contributed by atoms with Crippen LogP contribution in [0.3, 0.4) is 0 Å². The summed E-state index contributed by atoms with van der Waals surface area (Å²) < 4.78 is 43.7. The molecular weight excluding hydrogens is 335 g/mol. The Bertz CT molecular complexity index is 763. The van der Waals surface area contributed by atoms with Gasteiger partial charge >= 0.3 is 5.97 Å². The van der Waals surface area contributed by atoms with Crippen molar-refractivity contribution in [3.8, 4) is 0 Å². The van der Waals surface area contributed by atoms with Gasteiger partial charge in [-0.3, -0.25) is 4.79 Å². The quantitative estimate of drug-likeness (QED) is 0.814. The second-order valence-electron chi connectivity index (χ2n) is 5.40. The molecule has 0 aliphatic heterocycles. The summed E-state index contributed by atoms with van der Waals surface area (Å²) >= 11 is 0. The molecule has 0 bridgehead atoms. The summed E-state index contributed by atoms with van der Waals surface area (Å²) in [7, 11) is 1.18. The summed E-state index contributed by atoms with van der Waals surface area (Å²) in [6, 6.07) is 7.62. The zero-order valence-corrected chi connectivity index (χ0v) is 13.4.